The van der Waals surface area contributed by atoms with Gasteiger partial charge in [0, 0.05) is 0 Å². The summed E-state index contributed by atoms with van der Waals surface area (Å²) in [4.78, 5) is 3.46. The summed E-state index contributed by atoms with van der Waals surface area (Å²) in [5, 5.41) is 7.51. The predicted octanol–water partition coefficient (Wildman–Crippen LogP) is 3.25. The molecule has 0 aliphatic heterocycles. The van der Waals surface area contributed by atoms with Gasteiger partial charge in [0.15, 0.2) is 0 Å². The molecule has 1 aliphatic carbocycles. The number of halogens is 2. The van der Waals surface area contributed by atoms with Gasteiger partial charge in [0.2, 0.25) is 0 Å². The maximum absolute atomic E-state index is 3.46. The van der Waals surface area contributed by atoms with Crippen LogP contribution in [0.15, 0.2) is 40.4 Å². The van der Waals surface area contributed by atoms with Crippen molar-refractivity contribution in [1.29, 1.82) is 0 Å². The van der Waals surface area contributed by atoms with Crippen molar-refractivity contribution in [3.63, 3.8) is 0 Å². The van der Waals surface area contributed by atoms with Gasteiger partial charge in [-0.25, -0.2) is 0 Å². The summed E-state index contributed by atoms with van der Waals surface area (Å²) in [5.41, 5.74) is 0. The molecule has 0 atom stereocenters. The molecule has 1 aromatic heterocycles. The fourth-order valence-electron chi connectivity index (χ4n) is 2.38. The number of allylic oxidation sites excluding steroid dienone is 4. The molecular weight excluding hydrogens is 305 g/mol. The van der Waals surface area contributed by atoms with Crippen molar-refractivity contribution in [3.05, 3.63) is 40.4 Å². The third-order valence-corrected chi connectivity index (χ3v) is 16.1. The predicted molar refractivity (Wildman–Crippen MR) is 82.9 cm³/mol. The second kappa shape index (κ2) is 4.43. The van der Waals surface area contributed by atoms with E-state index in [9.17, 15) is 0 Å². The molecule has 0 saturated carbocycles. The maximum atomic E-state index is 3.46. The summed E-state index contributed by atoms with van der Waals surface area (Å²) in [6, 6.07) is 4.38. The van der Waals surface area contributed by atoms with E-state index in [-0.39, 0.29) is 24.8 Å². The van der Waals surface area contributed by atoms with Crippen LogP contribution in [0.1, 0.15) is 6.42 Å². The zero-order chi connectivity index (χ0) is 11.2. The van der Waals surface area contributed by atoms with Crippen LogP contribution in [-0.4, -0.2) is 12.6 Å². The Bertz CT molecular complexity index is 535. The molecule has 0 unspecified atom stereocenters. The average molecular weight is 327 g/mol. The van der Waals surface area contributed by atoms with Gasteiger partial charge in [-0.2, -0.15) is 0 Å². The van der Waals surface area contributed by atoms with Gasteiger partial charge in [-0.05, 0) is 0 Å². The van der Waals surface area contributed by atoms with Crippen LogP contribution in [-0.2, 0) is 12.8 Å². The van der Waals surface area contributed by atoms with E-state index in [0.717, 1.165) is 6.42 Å². The van der Waals surface area contributed by atoms with Crippen molar-refractivity contribution < 1.29 is 12.8 Å². The molecule has 17 heavy (non-hydrogen) atoms. The Balaban J connectivity index is 0.00000128. The molecule has 1 heterocycles. The summed E-state index contributed by atoms with van der Waals surface area (Å²) in [7, 11) is 2.24. The average Bonchev–Trinajstić information content (AvgIpc) is 2.77. The normalized spacial score (nSPS) is 18.4. The van der Waals surface area contributed by atoms with Gasteiger partial charge >= 0.3 is 91.9 Å². The Morgan fingerprint density at radius 1 is 1.24 bits per heavy atom. The number of aromatic nitrogens is 1. The van der Waals surface area contributed by atoms with E-state index in [1.165, 1.54) is 4.00 Å². The third kappa shape index (κ3) is 2.82. The zero-order valence-electron chi connectivity index (χ0n) is 10.7. The standard InChI is InChI=1S/C5H5.C4H4N.3CH3.2ClH.H2Si.Ti/c2*1-2-4-5-3-1;;;;;;;/h1-3H,4H2;1-3,5H;3*1H3;2*1H;1H2;. The Labute approximate surface area is 116 Å². The molecule has 1 N–H and O–H groups in total. The van der Waals surface area contributed by atoms with Crippen LogP contribution in [0.3, 0.4) is 0 Å². The van der Waals surface area contributed by atoms with Crippen LogP contribution in [0.2, 0.25) is 15.7 Å². The van der Waals surface area contributed by atoms with Gasteiger partial charge in [-0.15, -0.1) is 24.8 Å². The van der Waals surface area contributed by atoms with E-state index >= 15 is 0 Å². The van der Waals surface area contributed by atoms with Crippen LogP contribution >= 0.6 is 24.8 Å². The van der Waals surface area contributed by atoms with Crippen LogP contribution < -0.4 is 4.00 Å². The number of hydrogen-bond donors (Lipinski definition) is 1. The Morgan fingerprint density at radius 3 is 2.29 bits per heavy atom. The molecule has 1 aliphatic rings. The third-order valence-electron chi connectivity index (χ3n) is 3.85. The molecule has 0 radical (unpaired) electrons. The molecular formula is C12H22Cl2NSiTi. The zero-order valence-corrected chi connectivity index (χ0v) is 15.3. The van der Waals surface area contributed by atoms with E-state index in [1.807, 2.05) is 6.20 Å². The first-order valence-electron chi connectivity index (χ1n) is 5.56. The molecule has 1 nitrogen and oxygen atoms in total. The van der Waals surface area contributed by atoms with Crippen LogP contribution in [0.25, 0.3) is 0 Å². The van der Waals surface area contributed by atoms with Gasteiger partial charge in [-0.1, -0.05) is 0 Å². The van der Waals surface area contributed by atoms with E-state index in [4.69, 9.17) is 0 Å². The Morgan fingerprint density at radius 2 is 1.88 bits per heavy atom. The number of hydrogen-bond acceptors (Lipinski definition) is 0. The summed E-state index contributed by atoms with van der Waals surface area (Å²) < 4.78 is 3.11. The second-order valence-electron chi connectivity index (χ2n) is 6.95. The van der Waals surface area contributed by atoms with Crippen molar-refractivity contribution in [2.75, 3.05) is 0 Å². The van der Waals surface area contributed by atoms with Crippen molar-refractivity contribution >= 4 is 36.4 Å². The quantitative estimate of drug-likeness (QED) is 0.803. The fourth-order valence-corrected chi connectivity index (χ4v) is 10.0. The van der Waals surface area contributed by atoms with E-state index in [1.54, 1.807) is 3.88 Å². The Kier molecular flexibility index (Phi) is 4.50. The molecule has 2 rings (SSSR count). The van der Waals surface area contributed by atoms with Crippen molar-refractivity contribution in [2.24, 2.45) is 0 Å². The minimum atomic E-state index is -3.13. The Hall–Kier alpha value is 0.271. The number of H-pyrrole nitrogens is 1. The summed E-state index contributed by atoms with van der Waals surface area (Å²) >= 11 is -3.13. The van der Waals surface area contributed by atoms with E-state index in [0.29, 0.717) is 0 Å². The molecule has 5 heteroatoms. The minimum absolute atomic E-state index is 0. The van der Waals surface area contributed by atoms with E-state index in [2.05, 4.69) is 58.7 Å². The van der Waals surface area contributed by atoms with Gasteiger partial charge < -0.3 is 0 Å². The summed E-state index contributed by atoms with van der Waals surface area (Å²) in [5.74, 6) is 0. The molecule has 0 amide bonds. The van der Waals surface area contributed by atoms with Crippen LogP contribution in [0.5, 0.6) is 0 Å². The SMILES string of the molecule is Cl.Cl.[CH3][Ti]([CH3])([CH3])(=[SiH2])([C]1=CC=CC1)[c]1ccc[nH]1. The van der Waals surface area contributed by atoms with Crippen LogP contribution in [0, 0.1) is 0 Å². The van der Waals surface area contributed by atoms with Gasteiger partial charge in [0.05, 0.1) is 0 Å². The van der Waals surface area contributed by atoms with Gasteiger partial charge in [0.25, 0.3) is 0 Å². The molecule has 0 bridgehead atoms. The topological polar surface area (TPSA) is 15.8 Å². The monoisotopic (exact) mass is 326 g/mol. The molecule has 0 fully saturated rings. The number of rotatable bonds is 2. The van der Waals surface area contributed by atoms with Crippen molar-refractivity contribution in [1.82, 2.24) is 4.98 Å². The first-order chi connectivity index (χ1) is 6.74. The first kappa shape index (κ1) is 17.3. The molecule has 0 aromatic carbocycles. The molecule has 0 spiro atoms. The summed E-state index contributed by atoms with van der Waals surface area (Å²) in [6.45, 7) is 0. The van der Waals surface area contributed by atoms with Gasteiger partial charge in [-0.3, -0.25) is 0 Å². The summed E-state index contributed by atoms with van der Waals surface area (Å²) in [6.07, 6.45) is 9.99. The van der Waals surface area contributed by atoms with E-state index < -0.39 is 12.8 Å². The molecule has 1 aromatic rings. The molecule has 97 valence electrons. The van der Waals surface area contributed by atoms with Crippen molar-refractivity contribution in [3.8, 4) is 0 Å². The van der Waals surface area contributed by atoms with Crippen LogP contribution in [0.4, 0.5) is 0 Å². The number of aromatic amines is 1. The molecule has 0 saturated heterocycles. The fraction of sp³-hybridized carbons (Fsp3) is 0.333. The first-order valence-corrected chi connectivity index (χ1v) is 15.8. The van der Waals surface area contributed by atoms with Gasteiger partial charge in [0.1, 0.15) is 0 Å². The van der Waals surface area contributed by atoms with Crippen molar-refractivity contribution in [2.45, 2.75) is 22.1 Å². The number of nitrogens with one attached hydrogen (secondary N) is 1. The second-order valence-corrected chi connectivity index (χ2v) is 34.6.